The molecule has 0 radical (unpaired) electrons. The van der Waals surface area contributed by atoms with Gasteiger partial charge in [-0.15, -0.1) is 0 Å². The lowest BCUT2D eigenvalue weighted by atomic mass is 9.88. The minimum Gasteiger partial charge on any atom is -0.341 e. The number of likely N-dealkylation sites (tertiary alicyclic amines) is 1. The number of amides is 1. The topological polar surface area (TPSA) is 32.3 Å². The number of likely N-dealkylation sites (N-methyl/N-ethyl adjacent to an activating group) is 1. The molecular formula is C16H28N2O. The van der Waals surface area contributed by atoms with E-state index in [2.05, 4.69) is 17.1 Å². The Kier molecular flexibility index (Phi) is 3.84. The largest absolute Gasteiger partial charge is 0.341 e. The molecule has 3 nitrogen and oxygen atoms in total. The number of hydrogen-bond acceptors (Lipinski definition) is 2. The van der Waals surface area contributed by atoms with Crippen LogP contribution < -0.4 is 5.32 Å². The van der Waals surface area contributed by atoms with Gasteiger partial charge in [0.1, 0.15) is 0 Å². The van der Waals surface area contributed by atoms with Gasteiger partial charge in [-0.1, -0.05) is 19.8 Å². The summed E-state index contributed by atoms with van der Waals surface area (Å²) in [4.78, 5) is 14.8. The predicted octanol–water partition coefficient (Wildman–Crippen LogP) is 2.27. The summed E-state index contributed by atoms with van der Waals surface area (Å²) in [6.45, 7) is 4.22. The van der Waals surface area contributed by atoms with Gasteiger partial charge in [-0.25, -0.2) is 0 Å². The van der Waals surface area contributed by atoms with Crippen LogP contribution in [0.3, 0.4) is 0 Å². The van der Waals surface area contributed by atoms with Crippen LogP contribution >= 0.6 is 0 Å². The van der Waals surface area contributed by atoms with Crippen molar-refractivity contribution < 1.29 is 4.79 Å². The van der Waals surface area contributed by atoms with Crippen LogP contribution in [0.5, 0.6) is 0 Å². The molecule has 1 amide bonds. The van der Waals surface area contributed by atoms with Crippen LogP contribution in [0.15, 0.2) is 0 Å². The van der Waals surface area contributed by atoms with Gasteiger partial charge in [0, 0.05) is 13.1 Å². The molecule has 0 aromatic rings. The molecule has 1 heterocycles. The molecule has 3 fully saturated rings. The Labute approximate surface area is 117 Å². The molecule has 1 saturated heterocycles. The molecule has 3 rings (SSSR count). The van der Waals surface area contributed by atoms with Gasteiger partial charge in [0.05, 0.1) is 6.04 Å². The van der Waals surface area contributed by atoms with Crippen LogP contribution in [-0.2, 0) is 4.79 Å². The van der Waals surface area contributed by atoms with Crippen LogP contribution in [0.25, 0.3) is 0 Å². The van der Waals surface area contributed by atoms with Gasteiger partial charge >= 0.3 is 0 Å². The minimum absolute atomic E-state index is 0.0427. The first-order valence-corrected chi connectivity index (χ1v) is 8.16. The zero-order valence-electron chi connectivity index (χ0n) is 12.4. The zero-order valence-corrected chi connectivity index (χ0v) is 12.4. The lowest BCUT2D eigenvalue weighted by molar-refractivity contribution is -0.134. The maximum absolute atomic E-state index is 12.6. The average Bonchev–Trinajstić information content (AvgIpc) is 3.18. The van der Waals surface area contributed by atoms with Crippen LogP contribution in [0, 0.1) is 23.7 Å². The molecule has 3 heteroatoms. The molecule has 2 aliphatic carbocycles. The van der Waals surface area contributed by atoms with E-state index in [0.717, 1.165) is 30.8 Å². The van der Waals surface area contributed by atoms with Crippen molar-refractivity contribution in [1.29, 1.82) is 0 Å². The second kappa shape index (κ2) is 5.43. The molecule has 2 saturated carbocycles. The summed E-state index contributed by atoms with van der Waals surface area (Å²) >= 11 is 0. The molecule has 1 N–H and O–H groups in total. The molecular weight excluding hydrogens is 236 g/mol. The Morgan fingerprint density at radius 2 is 2.11 bits per heavy atom. The minimum atomic E-state index is 0.0427. The fourth-order valence-corrected chi connectivity index (χ4v) is 4.46. The van der Waals surface area contributed by atoms with Crippen molar-refractivity contribution in [2.75, 3.05) is 20.1 Å². The van der Waals surface area contributed by atoms with Gasteiger partial charge in [0.2, 0.25) is 5.91 Å². The molecule has 0 bridgehead atoms. The van der Waals surface area contributed by atoms with Gasteiger partial charge in [-0.2, -0.15) is 0 Å². The van der Waals surface area contributed by atoms with Crippen molar-refractivity contribution in [3.05, 3.63) is 0 Å². The fourth-order valence-electron chi connectivity index (χ4n) is 4.46. The van der Waals surface area contributed by atoms with Gasteiger partial charge < -0.3 is 10.2 Å². The summed E-state index contributed by atoms with van der Waals surface area (Å²) in [6, 6.07) is 0.0427. The number of carbonyl (C=O) groups is 1. The smallest absolute Gasteiger partial charge is 0.239 e. The van der Waals surface area contributed by atoms with E-state index in [1.165, 1.54) is 38.5 Å². The highest BCUT2D eigenvalue weighted by atomic mass is 16.2. The number of nitrogens with one attached hydrogen (secondary N) is 1. The first-order chi connectivity index (χ1) is 9.20. The van der Waals surface area contributed by atoms with E-state index in [4.69, 9.17) is 0 Å². The van der Waals surface area contributed by atoms with Crippen molar-refractivity contribution in [2.24, 2.45) is 23.7 Å². The first kappa shape index (κ1) is 13.4. The van der Waals surface area contributed by atoms with E-state index in [9.17, 15) is 4.79 Å². The Bertz CT molecular complexity index is 344. The van der Waals surface area contributed by atoms with Gasteiger partial charge in [-0.3, -0.25) is 4.79 Å². The predicted molar refractivity (Wildman–Crippen MR) is 76.8 cm³/mol. The van der Waals surface area contributed by atoms with Crippen molar-refractivity contribution in [2.45, 2.75) is 51.5 Å². The van der Waals surface area contributed by atoms with Crippen molar-refractivity contribution in [1.82, 2.24) is 10.2 Å². The highest BCUT2D eigenvalue weighted by molar-refractivity contribution is 5.82. The quantitative estimate of drug-likeness (QED) is 0.848. The lowest BCUT2D eigenvalue weighted by Crippen LogP contribution is -2.48. The van der Waals surface area contributed by atoms with Crippen LogP contribution in [0.2, 0.25) is 0 Å². The maximum Gasteiger partial charge on any atom is 0.239 e. The summed E-state index contributed by atoms with van der Waals surface area (Å²) in [5, 5.41) is 3.24. The number of rotatable bonds is 3. The highest BCUT2D eigenvalue weighted by Gasteiger charge is 2.46. The first-order valence-electron chi connectivity index (χ1n) is 8.16. The third-order valence-corrected chi connectivity index (χ3v) is 5.73. The molecule has 19 heavy (non-hydrogen) atoms. The summed E-state index contributed by atoms with van der Waals surface area (Å²) < 4.78 is 0. The van der Waals surface area contributed by atoms with Gasteiger partial charge in [0.25, 0.3) is 0 Å². The zero-order chi connectivity index (χ0) is 13.4. The third-order valence-electron chi connectivity index (χ3n) is 5.73. The van der Waals surface area contributed by atoms with Crippen molar-refractivity contribution >= 4 is 5.91 Å². The third kappa shape index (κ3) is 2.67. The van der Waals surface area contributed by atoms with E-state index in [-0.39, 0.29) is 6.04 Å². The standard InChI is InChI=1S/C16H28N2O/c1-11-5-4-8-18(16(19)15(11)17-2)10-13-7-3-6-12-9-14(12)13/h11-15,17H,3-10H2,1-2H3. The maximum atomic E-state index is 12.6. The molecule has 5 atom stereocenters. The molecule has 108 valence electrons. The molecule has 3 aliphatic rings. The van der Waals surface area contributed by atoms with Crippen molar-refractivity contribution in [3.8, 4) is 0 Å². The molecule has 0 aromatic carbocycles. The van der Waals surface area contributed by atoms with Gasteiger partial charge in [-0.05, 0) is 56.4 Å². The van der Waals surface area contributed by atoms with Gasteiger partial charge in [0.15, 0.2) is 0 Å². The summed E-state index contributed by atoms with van der Waals surface area (Å²) in [7, 11) is 1.93. The average molecular weight is 264 g/mol. The van der Waals surface area contributed by atoms with E-state index in [1.807, 2.05) is 7.05 Å². The number of fused-ring (bicyclic) bond motifs is 1. The van der Waals surface area contributed by atoms with Crippen molar-refractivity contribution in [3.63, 3.8) is 0 Å². The number of carbonyl (C=O) groups excluding carboxylic acids is 1. The number of nitrogens with zero attached hydrogens (tertiary/aromatic N) is 1. The van der Waals surface area contributed by atoms with E-state index in [1.54, 1.807) is 0 Å². The highest BCUT2D eigenvalue weighted by Crippen LogP contribution is 2.53. The van der Waals surface area contributed by atoms with Crippen LogP contribution in [-0.4, -0.2) is 37.0 Å². The monoisotopic (exact) mass is 264 g/mol. The van der Waals surface area contributed by atoms with Crippen LogP contribution in [0.4, 0.5) is 0 Å². The second-order valence-electron chi connectivity index (χ2n) is 7.02. The molecule has 1 aliphatic heterocycles. The summed E-state index contributed by atoms with van der Waals surface area (Å²) in [6.07, 6.45) is 7.98. The Hall–Kier alpha value is -0.570. The normalized spacial score (nSPS) is 42.7. The van der Waals surface area contributed by atoms with E-state index >= 15 is 0 Å². The Morgan fingerprint density at radius 1 is 1.26 bits per heavy atom. The SMILES string of the molecule is CNC1C(=O)N(CC2CCCC3CC32)CCCC1C. The molecule has 0 spiro atoms. The second-order valence-corrected chi connectivity index (χ2v) is 7.02. The van der Waals surface area contributed by atoms with E-state index in [0.29, 0.717) is 11.8 Å². The summed E-state index contributed by atoms with van der Waals surface area (Å²) in [5.74, 6) is 3.60. The number of hydrogen-bond donors (Lipinski definition) is 1. The molecule has 5 unspecified atom stereocenters. The van der Waals surface area contributed by atoms with Crippen LogP contribution in [0.1, 0.15) is 45.4 Å². The molecule has 0 aromatic heterocycles. The Morgan fingerprint density at radius 3 is 2.89 bits per heavy atom. The van der Waals surface area contributed by atoms with E-state index < -0.39 is 0 Å². The fraction of sp³-hybridized carbons (Fsp3) is 0.938. The lowest BCUT2D eigenvalue weighted by Gasteiger charge is -2.31. The Balaban J connectivity index is 1.64. The summed E-state index contributed by atoms with van der Waals surface area (Å²) in [5.41, 5.74) is 0.